The van der Waals surface area contributed by atoms with Crippen molar-refractivity contribution in [2.24, 2.45) is 11.7 Å². The van der Waals surface area contributed by atoms with Crippen molar-refractivity contribution in [3.05, 3.63) is 21.9 Å². The quantitative estimate of drug-likeness (QED) is 0.708. The monoisotopic (exact) mass is 181 g/mol. The molecule has 1 nitrogen and oxygen atoms in total. The van der Waals surface area contributed by atoms with Crippen molar-refractivity contribution >= 4 is 11.3 Å². The maximum absolute atomic E-state index is 6.15. The van der Waals surface area contributed by atoms with E-state index in [0.717, 1.165) is 0 Å². The second-order valence-corrected chi connectivity index (χ2v) is 4.53. The van der Waals surface area contributed by atoms with Crippen LogP contribution in [0.15, 0.2) is 11.4 Å². The summed E-state index contributed by atoms with van der Waals surface area (Å²) in [6, 6.07) is 2.51. The van der Waals surface area contributed by atoms with Crippen molar-refractivity contribution in [3.63, 3.8) is 0 Å². The Morgan fingerprint density at radius 2 is 2.50 bits per heavy atom. The normalized spacial score (nSPS) is 28.5. The topological polar surface area (TPSA) is 26.0 Å². The molecule has 1 aliphatic carbocycles. The lowest BCUT2D eigenvalue weighted by Crippen LogP contribution is -2.25. The van der Waals surface area contributed by atoms with E-state index < -0.39 is 0 Å². The summed E-state index contributed by atoms with van der Waals surface area (Å²) in [7, 11) is 0. The Morgan fingerprint density at radius 3 is 3.25 bits per heavy atom. The molecule has 0 saturated carbocycles. The summed E-state index contributed by atoms with van der Waals surface area (Å²) in [6.45, 7) is 2.24. The van der Waals surface area contributed by atoms with Gasteiger partial charge in [0.1, 0.15) is 0 Å². The van der Waals surface area contributed by atoms with Gasteiger partial charge >= 0.3 is 0 Å². The maximum atomic E-state index is 6.15. The first-order valence-electron chi connectivity index (χ1n) is 4.64. The summed E-state index contributed by atoms with van der Waals surface area (Å²) >= 11 is 1.86. The lowest BCUT2D eigenvalue weighted by Gasteiger charge is -2.27. The van der Waals surface area contributed by atoms with Crippen LogP contribution in [-0.4, -0.2) is 0 Å². The van der Waals surface area contributed by atoms with E-state index in [9.17, 15) is 0 Å². The third-order valence-electron chi connectivity index (χ3n) is 2.91. The van der Waals surface area contributed by atoms with Crippen LogP contribution in [-0.2, 0) is 6.42 Å². The van der Waals surface area contributed by atoms with Crippen LogP contribution in [0.2, 0.25) is 0 Å². The van der Waals surface area contributed by atoms with Gasteiger partial charge in [0, 0.05) is 10.9 Å². The van der Waals surface area contributed by atoms with Crippen LogP contribution in [0.1, 0.15) is 36.2 Å². The highest BCUT2D eigenvalue weighted by Gasteiger charge is 2.25. The van der Waals surface area contributed by atoms with Gasteiger partial charge in [-0.15, -0.1) is 11.3 Å². The summed E-state index contributed by atoms with van der Waals surface area (Å²) in [4.78, 5) is 1.52. The molecule has 0 saturated heterocycles. The van der Waals surface area contributed by atoms with Crippen LogP contribution in [0.4, 0.5) is 0 Å². The average Bonchev–Trinajstić information content (AvgIpc) is 2.53. The molecule has 0 aromatic carbocycles. The van der Waals surface area contributed by atoms with Gasteiger partial charge in [0.25, 0.3) is 0 Å². The molecule has 1 heterocycles. The predicted octanol–water partition coefficient (Wildman–Crippen LogP) is 2.72. The summed E-state index contributed by atoms with van der Waals surface area (Å²) in [5, 5.41) is 2.17. The SMILES string of the molecule is CC[C@@H]1CCc2sccc2[C@H]1N. The molecular weight excluding hydrogens is 166 g/mol. The highest BCUT2D eigenvalue weighted by atomic mass is 32.1. The molecule has 66 valence electrons. The molecular formula is C10H15NS. The summed E-state index contributed by atoms with van der Waals surface area (Å²) < 4.78 is 0. The highest BCUT2D eigenvalue weighted by Crippen LogP contribution is 2.36. The number of fused-ring (bicyclic) bond motifs is 1. The number of hydrogen-bond donors (Lipinski definition) is 1. The van der Waals surface area contributed by atoms with Crippen LogP contribution >= 0.6 is 11.3 Å². The van der Waals surface area contributed by atoms with E-state index in [4.69, 9.17) is 5.73 Å². The minimum Gasteiger partial charge on any atom is -0.324 e. The first-order chi connectivity index (χ1) is 5.83. The Hall–Kier alpha value is -0.340. The number of thiophene rings is 1. The van der Waals surface area contributed by atoms with Gasteiger partial charge in [-0.2, -0.15) is 0 Å². The van der Waals surface area contributed by atoms with Crippen molar-refractivity contribution in [1.82, 2.24) is 0 Å². The lowest BCUT2D eigenvalue weighted by atomic mass is 9.83. The standard InChI is InChI=1S/C10H15NS/c1-2-7-3-4-9-8(10(7)11)5-6-12-9/h5-7,10H,2-4,11H2,1H3/t7-,10+/m1/s1. The summed E-state index contributed by atoms with van der Waals surface area (Å²) in [5.41, 5.74) is 7.57. The molecule has 0 radical (unpaired) electrons. The van der Waals surface area contributed by atoms with Gasteiger partial charge in [0.2, 0.25) is 0 Å². The van der Waals surface area contributed by atoms with E-state index in [0.29, 0.717) is 12.0 Å². The zero-order chi connectivity index (χ0) is 8.55. The summed E-state index contributed by atoms with van der Waals surface area (Å²) in [6.07, 6.45) is 3.75. The molecule has 2 heteroatoms. The average molecular weight is 181 g/mol. The Bertz CT molecular complexity index is 267. The molecule has 0 spiro atoms. The molecule has 12 heavy (non-hydrogen) atoms. The maximum Gasteiger partial charge on any atom is 0.0334 e. The fourth-order valence-corrected chi connectivity index (χ4v) is 3.01. The van der Waals surface area contributed by atoms with Crippen LogP contribution in [0.3, 0.4) is 0 Å². The molecule has 2 atom stereocenters. The molecule has 0 bridgehead atoms. The molecule has 1 aromatic heterocycles. The smallest absolute Gasteiger partial charge is 0.0334 e. The second-order valence-electron chi connectivity index (χ2n) is 3.53. The van der Waals surface area contributed by atoms with Crippen molar-refractivity contribution in [2.45, 2.75) is 32.2 Å². The second kappa shape index (κ2) is 3.19. The van der Waals surface area contributed by atoms with E-state index in [1.54, 1.807) is 0 Å². The highest BCUT2D eigenvalue weighted by molar-refractivity contribution is 7.10. The lowest BCUT2D eigenvalue weighted by molar-refractivity contribution is 0.371. The van der Waals surface area contributed by atoms with Crippen LogP contribution in [0, 0.1) is 5.92 Å². The minimum atomic E-state index is 0.310. The van der Waals surface area contributed by atoms with Crippen LogP contribution in [0.5, 0.6) is 0 Å². The predicted molar refractivity (Wildman–Crippen MR) is 53.3 cm³/mol. The Kier molecular flexibility index (Phi) is 2.20. The molecule has 0 fully saturated rings. The number of aryl methyl sites for hydroxylation is 1. The Morgan fingerprint density at radius 1 is 1.67 bits per heavy atom. The molecule has 1 aliphatic rings. The van der Waals surface area contributed by atoms with E-state index in [2.05, 4.69) is 18.4 Å². The van der Waals surface area contributed by atoms with Gasteiger partial charge in [-0.1, -0.05) is 13.3 Å². The number of hydrogen-bond acceptors (Lipinski definition) is 2. The van der Waals surface area contributed by atoms with Crippen molar-refractivity contribution in [1.29, 1.82) is 0 Å². The van der Waals surface area contributed by atoms with E-state index in [1.807, 2.05) is 11.3 Å². The molecule has 0 aliphatic heterocycles. The van der Waals surface area contributed by atoms with Crippen molar-refractivity contribution in [2.75, 3.05) is 0 Å². The molecule has 1 aromatic rings. The van der Waals surface area contributed by atoms with Gasteiger partial charge in [-0.25, -0.2) is 0 Å². The number of nitrogens with two attached hydrogens (primary N) is 1. The van der Waals surface area contributed by atoms with E-state index in [-0.39, 0.29) is 0 Å². The fraction of sp³-hybridized carbons (Fsp3) is 0.600. The first kappa shape index (κ1) is 8.27. The Labute approximate surface area is 77.6 Å². The Balaban J connectivity index is 2.29. The molecule has 0 amide bonds. The summed E-state index contributed by atoms with van der Waals surface area (Å²) in [5.74, 6) is 0.715. The molecule has 2 rings (SSSR count). The zero-order valence-electron chi connectivity index (χ0n) is 7.42. The van der Waals surface area contributed by atoms with E-state index in [1.165, 1.54) is 29.7 Å². The van der Waals surface area contributed by atoms with E-state index >= 15 is 0 Å². The van der Waals surface area contributed by atoms with Crippen LogP contribution < -0.4 is 5.73 Å². The molecule has 0 unspecified atom stereocenters. The fourth-order valence-electron chi connectivity index (χ4n) is 2.06. The zero-order valence-corrected chi connectivity index (χ0v) is 8.23. The third-order valence-corrected chi connectivity index (χ3v) is 3.91. The van der Waals surface area contributed by atoms with Crippen LogP contribution in [0.25, 0.3) is 0 Å². The van der Waals surface area contributed by atoms with Crippen molar-refractivity contribution < 1.29 is 0 Å². The van der Waals surface area contributed by atoms with Crippen molar-refractivity contribution in [3.8, 4) is 0 Å². The first-order valence-corrected chi connectivity index (χ1v) is 5.52. The van der Waals surface area contributed by atoms with Gasteiger partial charge < -0.3 is 5.73 Å². The van der Waals surface area contributed by atoms with Gasteiger partial charge in [0.15, 0.2) is 0 Å². The van der Waals surface area contributed by atoms with Gasteiger partial charge in [0.05, 0.1) is 0 Å². The van der Waals surface area contributed by atoms with Gasteiger partial charge in [-0.05, 0) is 35.8 Å². The molecule has 2 N–H and O–H groups in total. The van der Waals surface area contributed by atoms with Gasteiger partial charge in [-0.3, -0.25) is 0 Å². The third kappa shape index (κ3) is 1.19. The largest absolute Gasteiger partial charge is 0.324 e. The number of rotatable bonds is 1. The minimum absolute atomic E-state index is 0.310.